The normalized spacial score (nSPS) is 11.1. The fraction of sp³-hybridized carbons (Fsp3) is 0.188. The number of amides is 1. The van der Waals surface area contributed by atoms with Gasteiger partial charge in [0.1, 0.15) is 5.69 Å². The zero-order chi connectivity index (χ0) is 16.7. The van der Waals surface area contributed by atoms with Gasteiger partial charge in [-0.1, -0.05) is 17.7 Å². The van der Waals surface area contributed by atoms with Crippen molar-refractivity contribution in [2.45, 2.75) is 20.4 Å². The SMILES string of the molecule is Cc1cc(Cl)ccc1-c1c(CN)c(C)nc2nc(C(N)=O)cn12. The van der Waals surface area contributed by atoms with Crippen LogP contribution in [0.5, 0.6) is 0 Å². The molecule has 0 saturated carbocycles. The van der Waals surface area contributed by atoms with Crippen LogP contribution in [0.4, 0.5) is 0 Å². The number of nitrogens with two attached hydrogens (primary N) is 2. The van der Waals surface area contributed by atoms with Gasteiger partial charge < -0.3 is 11.5 Å². The number of aryl methyl sites for hydroxylation is 2. The van der Waals surface area contributed by atoms with E-state index in [1.54, 1.807) is 10.6 Å². The number of nitrogens with zero attached hydrogens (tertiary/aromatic N) is 3. The number of fused-ring (bicyclic) bond motifs is 1. The van der Waals surface area contributed by atoms with Gasteiger partial charge in [-0.25, -0.2) is 9.97 Å². The molecule has 0 fully saturated rings. The van der Waals surface area contributed by atoms with E-state index in [-0.39, 0.29) is 5.69 Å². The number of rotatable bonds is 3. The molecule has 0 aliphatic rings. The second kappa shape index (κ2) is 5.64. The lowest BCUT2D eigenvalue weighted by Gasteiger charge is -2.15. The number of aromatic nitrogens is 3. The molecule has 6 nitrogen and oxygen atoms in total. The molecule has 0 bridgehead atoms. The molecule has 0 atom stereocenters. The first-order chi connectivity index (χ1) is 10.9. The van der Waals surface area contributed by atoms with Crippen LogP contribution in [-0.4, -0.2) is 20.3 Å². The lowest BCUT2D eigenvalue weighted by atomic mass is 10.00. The van der Waals surface area contributed by atoms with Crippen molar-refractivity contribution in [3.8, 4) is 11.3 Å². The topological polar surface area (TPSA) is 99.3 Å². The highest BCUT2D eigenvalue weighted by molar-refractivity contribution is 6.30. The van der Waals surface area contributed by atoms with Gasteiger partial charge in [-0.05, 0) is 31.5 Å². The zero-order valence-corrected chi connectivity index (χ0v) is 13.6. The van der Waals surface area contributed by atoms with E-state index in [4.69, 9.17) is 23.1 Å². The first kappa shape index (κ1) is 15.5. The van der Waals surface area contributed by atoms with Gasteiger partial charge in [0.25, 0.3) is 5.91 Å². The summed E-state index contributed by atoms with van der Waals surface area (Å²) < 4.78 is 1.76. The predicted octanol–water partition coefficient (Wildman–Crippen LogP) is 2.22. The van der Waals surface area contributed by atoms with Crippen LogP contribution in [-0.2, 0) is 6.54 Å². The van der Waals surface area contributed by atoms with E-state index < -0.39 is 5.91 Å². The van der Waals surface area contributed by atoms with Gasteiger partial charge in [-0.15, -0.1) is 0 Å². The van der Waals surface area contributed by atoms with Crippen LogP contribution in [0.2, 0.25) is 5.02 Å². The van der Waals surface area contributed by atoms with Gasteiger partial charge in [-0.2, -0.15) is 0 Å². The largest absolute Gasteiger partial charge is 0.364 e. The molecule has 3 aromatic rings. The van der Waals surface area contributed by atoms with Crippen molar-refractivity contribution in [1.82, 2.24) is 14.4 Å². The molecule has 0 aliphatic carbocycles. The average Bonchev–Trinajstić information content (AvgIpc) is 2.90. The molecular formula is C16H16ClN5O. The number of primary amides is 1. The Labute approximate surface area is 138 Å². The molecule has 7 heteroatoms. The summed E-state index contributed by atoms with van der Waals surface area (Å²) in [4.78, 5) is 20.1. The Morgan fingerprint density at radius 1 is 1.30 bits per heavy atom. The molecule has 0 saturated heterocycles. The summed E-state index contributed by atoms with van der Waals surface area (Å²) >= 11 is 6.06. The molecule has 0 aliphatic heterocycles. The number of hydrogen-bond acceptors (Lipinski definition) is 4. The van der Waals surface area contributed by atoms with E-state index in [1.807, 2.05) is 32.0 Å². The molecule has 2 heterocycles. The quantitative estimate of drug-likeness (QED) is 0.769. The second-order valence-electron chi connectivity index (χ2n) is 5.35. The maximum atomic E-state index is 11.4. The molecule has 4 N–H and O–H groups in total. The number of benzene rings is 1. The van der Waals surface area contributed by atoms with Gasteiger partial charge in [0, 0.05) is 34.6 Å². The van der Waals surface area contributed by atoms with E-state index >= 15 is 0 Å². The maximum Gasteiger partial charge on any atom is 0.268 e. The standard InChI is InChI=1S/C16H16ClN5O/c1-8-5-10(17)3-4-11(8)14-12(6-18)9(2)20-16-21-13(15(19)23)7-22(14)16/h3-5,7H,6,18H2,1-2H3,(H2,19,23). The van der Waals surface area contributed by atoms with Gasteiger partial charge in [0.2, 0.25) is 5.78 Å². The first-order valence-corrected chi connectivity index (χ1v) is 7.45. The van der Waals surface area contributed by atoms with Crippen molar-refractivity contribution < 1.29 is 4.79 Å². The van der Waals surface area contributed by atoms with Crippen LogP contribution < -0.4 is 11.5 Å². The fourth-order valence-corrected chi connectivity index (χ4v) is 2.92. The Balaban J connectivity index is 2.42. The Bertz CT molecular complexity index is 932. The summed E-state index contributed by atoms with van der Waals surface area (Å²) in [5.74, 6) is -0.181. The number of carbonyl (C=O) groups excluding carboxylic acids is 1. The van der Waals surface area contributed by atoms with Crippen molar-refractivity contribution >= 4 is 23.3 Å². The van der Waals surface area contributed by atoms with Gasteiger partial charge in [-0.3, -0.25) is 9.20 Å². The van der Waals surface area contributed by atoms with Gasteiger partial charge in [0.05, 0.1) is 5.69 Å². The Hall–Kier alpha value is -2.44. The molecule has 2 aromatic heterocycles. The molecule has 1 amide bonds. The smallest absolute Gasteiger partial charge is 0.268 e. The van der Waals surface area contributed by atoms with Gasteiger partial charge in [0.15, 0.2) is 0 Å². The third kappa shape index (κ3) is 2.56. The highest BCUT2D eigenvalue weighted by Crippen LogP contribution is 2.30. The van der Waals surface area contributed by atoms with Crippen molar-refractivity contribution in [1.29, 1.82) is 0 Å². The summed E-state index contributed by atoms with van der Waals surface area (Å²) in [7, 11) is 0. The van der Waals surface area contributed by atoms with Crippen LogP contribution in [0.3, 0.4) is 0 Å². The van der Waals surface area contributed by atoms with Crippen molar-refractivity contribution in [2.24, 2.45) is 11.5 Å². The molecule has 0 spiro atoms. The summed E-state index contributed by atoms with van der Waals surface area (Å²) in [5.41, 5.74) is 15.9. The lowest BCUT2D eigenvalue weighted by Crippen LogP contribution is -2.11. The fourth-order valence-electron chi connectivity index (χ4n) is 2.70. The zero-order valence-electron chi connectivity index (χ0n) is 12.8. The highest BCUT2D eigenvalue weighted by atomic mass is 35.5. The molecule has 1 aromatic carbocycles. The predicted molar refractivity (Wildman–Crippen MR) is 89.3 cm³/mol. The monoisotopic (exact) mass is 329 g/mol. The van der Waals surface area contributed by atoms with E-state index in [1.165, 1.54) is 0 Å². The number of hydrogen-bond donors (Lipinski definition) is 2. The molecule has 0 radical (unpaired) electrons. The van der Waals surface area contributed by atoms with E-state index in [0.717, 1.165) is 28.1 Å². The minimum atomic E-state index is -0.596. The van der Waals surface area contributed by atoms with E-state index in [9.17, 15) is 4.79 Å². The van der Waals surface area contributed by atoms with Crippen LogP contribution in [0.25, 0.3) is 17.0 Å². The third-order valence-electron chi connectivity index (χ3n) is 3.82. The van der Waals surface area contributed by atoms with Crippen LogP contribution in [0.15, 0.2) is 24.4 Å². The number of halogens is 1. The van der Waals surface area contributed by atoms with E-state index in [0.29, 0.717) is 17.3 Å². The Morgan fingerprint density at radius 3 is 2.65 bits per heavy atom. The summed E-state index contributed by atoms with van der Waals surface area (Å²) in [5, 5.41) is 0.658. The van der Waals surface area contributed by atoms with Crippen molar-refractivity contribution in [3.05, 3.63) is 51.9 Å². The summed E-state index contributed by atoms with van der Waals surface area (Å²) in [6.07, 6.45) is 1.59. The minimum Gasteiger partial charge on any atom is -0.364 e. The third-order valence-corrected chi connectivity index (χ3v) is 4.05. The van der Waals surface area contributed by atoms with Crippen LogP contribution in [0.1, 0.15) is 27.3 Å². The van der Waals surface area contributed by atoms with Crippen LogP contribution >= 0.6 is 11.6 Å². The maximum absolute atomic E-state index is 11.4. The van der Waals surface area contributed by atoms with Crippen molar-refractivity contribution in [3.63, 3.8) is 0 Å². The van der Waals surface area contributed by atoms with Crippen LogP contribution in [0, 0.1) is 13.8 Å². The van der Waals surface area contributed by atoms with Crippen molar-refractivity contribution in [2.75, 3.05) is 0 Å². The van der Waals surface area contributed by atoms with E-state index in [2.05, 4.69) is 9.97 Å². The molecule has 23 heavy (non-hydrogen) atoms. The molecular weight excluding hydrogens is 314 g/mol. The Morgan fingerprint density at radius 2 is 2.04 bits per heavy atom. The number of carbonyl (C=O) groups is 1. The lowest BCUT2D eigenvalue weighted by molar-refractivity contribution is 0.0996. The Kier molecular flexibility index (Phi) is 3.79. The number of imidazole rings is 1. The minimum absolute atomic E-state index is 0.166. The average molecular weight is 330 g/mol. The summed E-state index contributed by atoms with van der Waals surface area (Å²) in [6.45, 7) is 4.15. The summed E-state index contributed by atoms with van der Waals surface area (Å²) in [6, 6.07) is 5.62. The molecule has 0 unspecified atom stereocenters. The molecule has 118 valence electrons. The molecule has 3 rings (SSSR count). The second-order valence-corrected chi connectivity index (χ2v) is 5.78. The first-order valence-electron chi connectivity index (χ1n) is 7.07. The highest BCUT2D eigenvalue weighted by Gasteiger charge is 2.18. The van der Waals surface area contributed by atoms with Gasteiger partial charge >= 0.3 is 0 Å².